The first-order chi connectivity index (χ1) is 14.1. The molecule has 2 aliphatic rings. The molecule has 1 fully saturated rings. The fourth-order valence-electron chi connectivity index (χ4n) is 4.08. The summed E-state index contributed by atoms with van der Waals surface area (Å²) in [6.45, 7) is 2.27. The van der Waals surface area contributed by atoms with E-state index < -0.39 is 5.41 Å². The minimum Gasteiger partial charge on any atom is -0.454 e. The lowest BCUT2D eigenvalue weighted by atomic mass is 9.87. The van der Waals surface area contributed by atoms with Gasteiger partial charge in [0.05, 0.1) is 5.41 Å². The standard InChI is InChI=1S/C24H19NO3S/c1-15-2-3-16(10-19(15)18-6-9-29-22(18)13-25)11-23(26)24(7-8-24)17-4-5-20-21(12-17)28-14-27-20/h2-6,9-10,12H,7-8,11,14H2,1H3. The number of nitrogens with zero attached hydrogens (tertiary/aromatic N) is 1. The minimum atomic E-state index is -0.410. The summed E-state index contributed by atoms with van der Waals surface area (Å²) in [5.41, 5.74) is 4.67. The van der Waals surface area contributed by atoms with Gasteiger partial charge in [0.1, 0.15) is 16.7 Å². The summed E-state index contributed by atoms with van der Waals surface area (Å²) in [4.78, 5) is 14.0. The second-order valence-electron chi connectivity index (χ2n) is 7.67. The Kier molecular flexibility index (Phi) is 4.18. The number of ether oxygens (including phenoxy) is 2. The number of nitriles is 1. The zero-order valence-corrected chi connectivity index (χ0v) is 16.8. The Morgan fingerprint density at radius 2 is 1.93 bits per heavy atom. The van der Waals surface area contributed by atoms with Gasteiger partial charge in [0.15, 0.2) is 11.5 Å². The molecule has 5 rings (SSSR count). The predicted molar refractivity (Wildman–Crippen MR) is 111 cm³/mol. The molecule has 1 saturated carbocycles. The Bertz CT molecular complexity index is 1170. The molecule has 1 aromatic heterocycles. The van der Waals surface area contributed by atoms with Gasteiger partial charge in [0.25, 0.3) is 0 Å². The van der Waals surface area contributed by atoms with Gasteiger partial charge in [0.2, 0.25) is 6.79 Å². The van der Waals surface area contributed by atoms with Gasteiger partial charge in [-0.25, -0.2) is 0 Å². The van der Waals surface area contributed by atoms with Crippen LogP contribution in [0.15, 0.2) is 47.8 Å². The molecular weight excluding hydrogens is 382 g/mol. The summed E-state index contributed by atoms with van der Waals surface area (Å²) in [6, 6.07) is 16.2. The molecule has 0 amide bonds. The predicted octanol–water partition coefficient (Wildman–Crippen LogP) is 5.17. The minimum absolute atomic E-state index is 0.233. The topological polar surface area (TPSA) is 59.3 Å². The molecule has 29 heavy (non-hydrogen) atoms. The zero-order valence-electron chi connectivity index (χ0n) is 16.0. The van der Waals surface area contributed by atoms with Crippen molar-refractivity contribution >= 4 is 17.1 Å². The lowest BCUT2D eigenvalue weighted by molar-refractivity contribution is -0.120. The van der Waals surface area contributed by atoms with Gasteiger partial charge in [-0.15, -0.1) is 11.3 Å². The van der Waals surface area contributed by atoms with Crippen LogP contribution in [-0.2, 0) is 16.6 Å². The molecule has 0 radical (unpaired) electrons. The third-order valence-electron chi connectivity index (χ3n) is 5.93. The first kappa shape index (κ1) is 18.0. The van der Waals surface area contributed by atoms with Crippen molar-refractivity contribution in [2.45, 2.75) is 31.6 Å². The molecule has 0 spiro atoms. The number of ketones is 1. The molecule has 0 atom stereocenters. The summed E-state index contributed by atoms with van der Waals surface area (Å²) in [5, 5.41) is 11.3. The van der Waals surface area contributed by atoms with E-state index in [1.165, 1.54) is 11.3 Å². The molecule has 4 nitrogen and oxygen atoms in total. The van der Waals surface area contributed by atoms with Gasteiger partial charge >= 0.3 is 0 Å². The van der Waals surface area contributed by atoms with Crippen LogP contribution >= 0.6 is 11.3 Å². The van der Waals surface area contributed by atoms with E-state index in [1.807, 2.05) is 48.7 Å². The van der Waals surface area contributed by atoms with Crippen LogP contribution in [0.4, 0.5) is 0 Å². The van der Waals surface area contributed by atoms with E-state index in [-0.39, 0.29) is 12.6 Å². The highest BCUT2D eigenvalue weighted by Crippen LogP contribution is 2.51. The van der Waals surface area contributed by atoms with E-state index in [1.54, 1.807) is 0 Å². The van der Waals surface area contributed by atoms with Gasteiger partial charge < -0.3 is 9.47 Å². The Labute approximate surface area is 173 Å². The zero-order chi connectivity index (χ0) is 20.0. The summed E-state index contributed by atoms with van der Waals surface area (Å²) in [6.07, 6.45) is 2.12. The SMILES string of the molecule is Cc1ccc(CC(=O)C2(c3ccc4c(c3)OCO4)CC2)cc1-c1ccsc1C#N. The maximum atomic E-state index is 13.3. The fraction of sp³-hybridized carbons (Fsp3) is 0.250. The molecule has 2 heterocycles. The third-order valence-corrected chi connectivity index (χ3v) is 6.75. The van der Waals surface area contributed by atoms with E-state index in [4.69, 9.17) is 9.47 Å². The highest BCUT2D eigenvalue weighted by Gasteiger charge is 2.50. The quantitative estimate of drug-likeness (QED) is 0.592. The molecule has 1 aliphatic heterocycles. The monoisotopic (exact) mass is 401 g/mol. The molecule has 0 N–H and O–H groups in total. The molecule has 0 bridgehead atoms. The number of hydrogen-bond donors (Lipinski definition) is 0. The first-order valence-electron chi connectivity index (χ1n) is 9.62. The molecule has 5 heteroatoms. The highest BCUT2D eigenvalue weighted by molar-refractivity contribution is 7.11. The van der Waals surface area contributed by atoms with E-state index in [0.29, 0.717) is 11.3 Å². The third kappa shape index (κ3) is 3.01. The van der Waals surface area contributed by atoms with Crippen LogP contribution in [0, 0.1) is 18.3 Å². The maximum Gasteiger partial charge on any atom is 0.231 e. The van der Waals surface area contributed by atoms with Crippen molar-refractivity contribution in [3.05, 3.63) is 69.4 Å². The molecule has 1 aliphatic carbocycles. The molecule has 144 valence electrons. The number of benzene rings is 2. The van der Waals surface area contributed by atoms with E-state index in [0.717, 1.165) is 52.2 Å². The Morgan fingerprint density at radius 1 is 1.10 bits per heavy atom. The van der Waals surface area contributed by atoms with Crippen molar-refractivity contribution < 1.29 is 14.3 Å². The van der Waals surface area contributed by atoms with Gasteiger partial charge in [0, 0.05) is 12.0 Å². The van der Waals surface area contributed by atoms with Crippen LogP contribution in [0.1, 0.15) is 34.4 Å². The maximum absolute atomic E-state index is 13.3. The van der Waals surface area contributed by atoms with Crippen LogP contribution in [0.25, 0.3) is 11.1 Å². The normalized spacial score (nSPS) is 15.7. The Hall–Kier alpha value is -3.10. The van der Waals surface area contributed by atoms with E-state index in [2.05, 4.69) is 12.1 Å². The summed E-state index contributed by atoms with van der Waals surface area (Å²) < 4.78 is 10.9. The second-order valence-corrected chi connectivity index (χ2v) is 8.59. The van der Waals surface area contributed by atoms with Crippen LogP contribution in [0.2, 0.25) is 0 Å². The summed E-state index contributed by atoms with van der Waals surface area (Å²) in [5.74, 6) is 1.70. The Morgan fingerprint density at radius 3 is 2.72 bits per heavy atom. The average Bonchev–Trinajstić information content (AvgIpc) is 3.19. The summed E-state index contributed by atoms with van der Waals surface area (Å²) in [7, 11) is 0. The van der Waals surface area contributed by atoms with Crippen molar-refractivity contribution in [2.24, 2.45) is 0 Å². The molecule has 0 saturated heterocycles. The van der Waals surface area contributed by atoms with Crippen molar-refractivity contribution in [1.82, 2.24) is 0 Å². The number of hydrogen-bond acceptors (Lipinski definition) is 5. The van der Waals surface area contributed by atoms with Crippen molar-refractivity contribution in [3.63, 3.8) is 0 Å². The van der Waals surface area contributed by atoms with Crippen LogP contribution in [0.3, 0.4) is 0 Å². The lowest BCUT2D eigenvalue weighted by Crippen LogP contribution is -2.22. The van der Waals surface area contributed by atoms with Crippen LogP contribution in [0.5, 0.6) is 11.5 Å². The second kappa shape index (κ2) is 6.75. The van der Waals surface area contributed by atoms with Crippen molar-refractivity contribution in [2.75, 3.05) is 6.79 Å². The number of carbonyl (C=O) groups excluding carboxylic acids is 1. The molecular formula is C24H19NO3S. The number of rotatable bonds is 5. The lowest BCUT2D eigenvalue weighted by Gasteiger charge is -2.16. The number of aryl methyl sites for hydroxylation is 1. The molecule has 0 unspecified atom stereocenters. The van der Waals surface area contributed by atoms with Gasteiger partial charge in [-0.05, 0) is 65.6 Å². The number of Topliss-reactive ketones (excluding diaryl/α,β-unsaturated/α-hetero) is 1. The van der Waals surface area contributed by atoms with Gasteiger partial charge in [-0.1, -0.05) is 24.3 Å². The largest absolute Gasteiger partial charge is 0.454 e. The van der Waals surface area contributed by atoms with Crippen LogP contribution in [-0.4, -0.2) is 12.6 Å². The Balaban J connectivity index is 1.43. The van der Waals surface area contributed by atoms with Crippen molar-refractivity contribution in [3.8, 4) is 28.7 Å². The summed E-state index contributed by atoms with van der Waals surface area (Å²) >= 11 is 1.44. The smallest absolute Gasteiger partial charge is 0.231 e. The number of fused-ring (bicyclic) bond motifs is 1. The molecule has 3 aromatic rings. The first-order valence-corrected chi connectivity index (χ1v) is 10.5. The molecule has 2 aromatic carbocycles. The highest BCUT2D eigenvalue weighted by atomic mass is 32.1. The van der Waals surface area contributed by atoms with Crippen LogP contribution < -0.4 is 9.47 Å². The van der Waals surface area contributed by atoms with Gasteiger partial charge in [-0.2, -0.15) is 5.26 Å². The van der Waals surface area contributed by atoms with E-state index in [9.17, 15) is 10.1 Å². The van der Waals surface area contributed by atoms with Gasteiger partial charge in [-0.3, -0.25) is 4.79 Å². The van der Waals surface area contributed by atoms with E-state index >= 15 is 0 Å². The average molecular weight is 401 g/mol. The fourth-order valence-corrected chi connectivity index (χ4v) is 4.78. The number of thiophene rings is 1. The number of carbonyl (C=O) groups is 1. The van der Waals surface area contributed by atoms with Crippen molar-refractivity contribution in [1.29, 1.82) is 5.26 Å².